The third kappa shape index (κ3) is 4.72. The first-order valence-corrected chi connectivity index (χ1v) is 11.9. The van der Waals surface area contributed by atoms with Crippen molar-refractivity contribution in [3.05, 3.63) is 40.7 Å². The second kappa shape index (κ2) is 9.32. The van der Waals surface area contributed by atoms with E-state index in [2.05, 4.69) is 14.5 Å². The van der Waals surface area contributed by atoms with Crippen LogP contribution in [-0.4, -0.2) is 73.9 Å². The van der Waals surface area contributed by atoms with Crippen LogP contribution in [0, 0.1) is 0 Å². The molecule has 1 aromatic carbocycles. The molecule has 4 atom stereocenters. The number of aliphatic hydroxyl groups excluding tert-OH is 2. The zero-order valence-corrected chi connectivity index (χ0v) is 19.2. The number of anilines is 3. The van der Waals surface area contributed by atoms with Crippen LogP contribution in [0.5, 0.6) is 5.75 Å². The number of fused-ring (bicyclic) bond motifs is 1. The van der Waals surface area contributed by atoms with Crippen molar-refractivity contribution in [1.29, 1.82) is 0 Å². The Balaban J connectivity index is 1.68. The number of nitrogen functional groups attached to an aromatic ring is 1. The smallest absolute Gasteiger partial charge is 0.469 e. The number of H-pyrrole nitrogens is 1. The lowest BCUT2D eigenvalue weighted by atomic mass is 9.98. The fourth-order valence-corrected chi connectivity index (χ4v) is 4.61. The van der Waals surface area contributed by atoms with Crippen LogP contribution in [0.3, 0.4) is 0 Å². The molecule has 34 heavy (non-hydrogen) atoms. The van der Waals surface area contributed by atoms with E-state index in [4.69, 9.17) is 36.8 Å². The van der Waals surface area contributed by atoms with Gasteiger partial charge in [-0.3, -0.25) is 18.7 Å². The van der Waals surface area contributed by atoms with Crippen LogP contribution in [0.2, 0.25) is 0 Å². The molecule has 3 heterocycles. The van der Waals surface area contributed by atoms with Crippen LogP contribution < -0.4 is 25.3 Å². The second-order valence-electron chi connectivity index (χ2n) is 7.69. The number of aromatic nitrogens is 2. The number of nitrogens with one attached hydrogen (secondary N) is 1. The number of para-hydroxylation sites is 1. The quantitative estimate of drug-likeness (QED) is 0.192. The molecule has 1 aromatic heterocycles. The number of nitrogens with zero attached hydrogens (tertiary/aromatic N) is 3. The summed E-state index contributed by atoms with van der Waals surface area (Å²) in [6, 6.07) is 8.79. The number of aromatic amines is 1. The number of nitrogens with two attached hydrogens (primary N) is 1. The molecule has 0 amide bonds. The number of ether oxygens (including phenoxy) is 2. The Morgan fingerprint density at radius 3 is 2.71 bits per heavy atom. The summed E-state index contributed by atoms with van der Waals surface area (Å²) in [5.41, 5.74) is 3.24. The minimum Gasteiger partial charge on any atom is -0.493 e. The van der Waals surface area contributed by atoms with Gasteiger partial charge in [-0.15, -0.1) is 0 Å². The first-order chi connectivity index (χ1) is 16.0. The molecule has 14 nitrogen and oxygen atoms in total. The minimum atomic E-state index is -4.88. The number of phosphoric acid groups is 1. The monoisotopic (exact) mass is 519 g/mol. The number of hydrogen-bond donors (Lipinski definition) is 6. The van der Waals surface area contributed by atoms with Gasteiger partial charge in [0.2, 0.25) is 5.95 Å². The van der Waals surface area contributed by atoms with E-state index in [0.29, 0.717) is 5.75 Å². The lowest BCUT2D eigenvalue weighted by Crippen LogP contribution is -2.58. The molecule has 0 saturated carbocycles. The number of benzene rings is 1. The molecule has 2 aliphatic heterocycles. The third-order valence-electron chi connectivity index (χ3n) is 5.52. The van der Waals surface area contributed by atoms with Crippen molar-refractivity contribution in [2.75, 3.05) is 34.9 Å². The minimum absolute atomic E-state index is 0.0150. The molecule has 1 saturated heterocycles. The van der Waals surface area contributed by atoms with Crippen LogP contribution >= 0.6 is 19.6 Å². The van der Waals surface area contributed by atoms with Gasteiger partial charge in [-0.25, -0.2) is 4.57 Å². The molecular formula is C18H23ClN5O9P. The molecule has 16 heteroatoms. The molecule has 2 aliphatic rings. The number of aliphatic hydroxyl groups is 2. The van der Waals surface area contributed by atoms with E-state index < -0.39 is 44.0 Å². The number of halogens is 1. The van der Waals surface area contributed by atoms with E-state index in [-0.39, 0.29) is 37.1 Å². The van der Waals surface area contributed by atoms with E-state index >= 15 is 0 Å². The van der Waals surface area contributed by atoms with Crippen molar-refractivity contribution in [1.82, 2.24) is 9.97 Å². The van der Waals surface area contributed by atoms with E-state index in [1.807, 2.05) is 6.07 Å². The van der Waals surface area contributed by atoms with Crippen molar-refractivity contribution >= 4 is 37.1 Å². The second-order valence-corrected chi connectivity index (χ2v) is 9.34. The maximum Gasteiger partial charge on any atom is 0.469 e. The van der Waals surface area contributed by atoms with Crippen LogP contribution in [0.15, 0.2) is 35.1 Å². The summed E-state index contributed by atoms with van der Waals surface area (Å²) in [7, 11) is -4.88. The molecule has 0 spiro atoms. The predicted octanol–water partition coefficient (Wildman–Crippen LogP) is -0.515. The molecule has 186 valence electrons. The summed E-state index contributed by atoms with van der Waals surface area (Å²) >= 11 is 6.24. The van der Waals surface area contributed by atoms with Crippen LogP contribution in [0.4, 0.5) is 17.5 Å². The molecule has 0 unspecified atom stereocenters. The van der Waals surface area contributed by atoms with E-state index in [1.54, 1.807) is 24.3 Å². The number of phosphoric ester groups is 1. The maximum atomic E-state index is 12.4. The number of hydrogen-bond acceptors (Lipinski definition) is 11. The average Bonchev–Trinajstić information content (AvgIpc) is 3.22. The Morgan fingerprint density at radius 2 is 2.03 bits per heavy atom. The predicted molar refractivity (Wildman–Crippen MR) is 119 cm³/mol. The Hall–Kier alpha value is -2.42. The van der Waals surface area contributed by atoms with E-state index in [9.17, 15) is 19.6 Å². The van der Waals surface area contributed by atoms with Gasteiger partial charge in [-0.2, -0.15) is 4.98 Å². The van der Waals surface area contributed by atoms with Gasteiger partial charge in [0, 0.05) is 18.2 Å². The molecule has 7 N–H and O–H groups in total. The molecule has 4 rings (SSSR count). The van der Waals surface area contributed by atoms with Gasteiger partial charge in [-0.05, 0) is 12.1 Å². The summed E-state index contributed by atoms with van der Waals surface area (Å²) in [5, 5.41) is 21.7. The molecule has 0 aliphatic carbocycles. The fraction of sp³-hybridized carbons (Fsp3) is 0.444. The summed E-state index contributed by atoms with van der Waals surface area (Å²) < 4.78 is 28.4. The zero-order chi connectivity index (χ0) is 24.7. The van der Waals surface area contributed by atoms with Gasteiger partial charge in [-0.1, -0.05) is 18.2 Å². The Kier molecular flexibility index (Phi) is 6.77. The highest BCUT2D eigenvalue weighted by atomic mass is 35.5. The van der Waals surface area contributed by atoms with E-state index in [1.165, 1.54) is 4.90 Å². The van der Waals surface area contributed by atoms with E-state index in [0.717, 1.165) is 4.42 Å². The maximum absolute atomic E-state index is 12.4. The highest BCUT2D eigenvalue weighted by Crippen LogP contribution is 2.46. The Bertz CT molecular complexity index is 1130. The summed E-state index contributed by atoms with van der Waals surface area (Å²) in [6.45, 7) is -0.940. The molecular weight excluding hydrogens is 497 g/mol. The van der Waals surface area contributed by atoms with Crippen molar-refractivity contribution in [3.63, 3.8) is 0 Å². The largest absolute Gasteiger partial charge is 0.493 e. The molecule has 0 bridgehead atoms. The Labute approximate surface area is 197 Å². The van der Waals surface area contributed by atoms with Crippen molar-refractivity contribution in [2.24, 2.45) is 0 Å². The standard InChI is InChI=1S/C18H23ClN5O9P/c19-24-9-23(15-12(24)16(27)22-17(20)21-15)18(6-7-31-10-4-2-1-3-5-10)14(26)13(25)11(33-18)8-32-34(28,29)30/h1-5,11,13-14,25-26H,6-9H2,(H2,28,29,30)(H3,20,21,22,27)/t11-,13-,14-,18-/m1/s1. The first kappa shape index (κ1) is 24.7. The molecule has 0 radical (unpaired) electrons. The first-order valence-electron chi connectivity index (χ1n) is 10.0. The fourth-order valence-electron chi connectivity index (χ4n) is 4.01. The number of rotatable bonds is 8. The third-order valence-corrected chi connectivity index (χ3v) is 6.28. The van der Waals surface area contributed by atoms with Gasteiger partial charge < -0.3 is 40.1 Å². The zero-order valence-electron chi connectivity index (χ0n) is 17.5. The topological polar surface area (TPSA) is 204 Å². The van der Waals surface area contributed by atoms with Crippen LogP contribution in [0.1, 0.15) is 6.42 Å². The summed E-state index contributed by atoms with van der Waals surface area (Å²) in [5.74, 6) is 0.302. The SMILES string of the molecule is Nc1nc2c(c(=O)[nH]1)N(Cl)CN2[C@]1(CCOc2ccccc2)O[C@H](COP(=O)(O)O)[C@@H](O)[C@H]1O. The summed E-state index contributed by atoms with van der Waals surface area (Å²) in [4.78, 5) is 38.3. The highest BCUT2D eigenvalue weighted by molar-refractivity contribution is 7.46. The Morgan fingerprint density at radius 1 is 1.32 bits per heavy atom. The van der Waals surface area contributed by atoms with Gasteiger partial charge in [0.05, 0.1) is 13.2 Å². The molecule has 1 fully saturated rings. The summed E-state index contributed by atoms with van der Waals surface area (Å²) in [6.07, 6.45) is -4.68. The van der Waals surface area contributed by atoms with Crippen molar-refractivity contribution in [2.45, 2.75) is 30.5 Å². The normalized spacial score (nSPS) is 26.7. The van der Waals surface area contributed by atoms with Gasteiger partial charge in [0.15, 0.2) is 17.2 Å². The van der Waals surface area contributed by atoms with Gasteiger partial charge in [0.25, 0.3) is 5.56 Å². The lowest BCUT2D eigenvalue weighted by Gasteiger charge is -2.41. The van der Waals surface area contributed by atoms with Crippen LogP contribution in [-0.2, 0) is 13.8 Å². The lowest BCUT2D eigenvalue weighted by molar-refractivity contribution is -0.101. The van der Waals surface area contributed by atoms with Gasteiger partial charge >= 0.3 is 7.82 Å². The van der Waals surface area contributed by atoms with Crippen molar-refractivity contribution < 1.29 is 38.6 Å². The highest BCUT2D eigenvalue weighted by Gasteiger charge is 2.60. The van der Waals surface area contributed by atoms with Crippen molar-refractivity contribution in [3.8, 4) is 5.75 Å². The molecule has 2 aromatic rings. The van der Waals surface area contributed by atoms with Crippen LogP contribution in [0.25, 0.3) is 0 Å². The average molecular weight is 520 g/mol. The van der Waals surface area contributed by atoms with Gasteiger partial charge in [0.1, 0.15) is 30.7 Å².